The van der Waals surface area contributed by atoms with Gasteiger partial charge in [0.05, 0.1) is 21.8 Å². The predicted octanol–water partition coefficient (Wildman–Crippen LogP) is 6.00. The molecular formula is C24H19FN2O2S. The van der Waals surface area contributed by atoms with Crippen LogP contribution in [0.2, 0.25) is 0 Å². The highest BCUT2D eigenvalue weighted by atomic mass is 32.2. The van der Waals surface area contributed by atoms with Gasteiger partial charge in [-0.05, 0) is 62.4 Å². The second-order valence-electron chi connectivity index (χ2n) is 6.78. The Bertz CT molecular complexity index is 1170. The summed E-state index contributed by atoms with van der Waals surface area (Å²) in [4.78, 5) is 14.5. The smallest absolute Gasteiger partial charge is 0.344 e. The van der Waals surface area contributed by atoms with Crippen LogP contribution in [0.25, 0.3) is 5.69 Å². The van der Waals surface area contributed by atoms with Crippen LogP contribution >= 0.6 is 11.8 Å². The van der Waals surface area contributed by atoms with Crippen LogP contribution in [0.4, 0.5) is 4.39 Å². The molecule has 0 aliphatic rings. The maximum absolute atomic E-state index is 13.2. The number of carbonyl (C=O) groups is 1. The SMILES string of the molecule is Cc1ccc(Sc2c(C)nn(-c3ccccc3)c2OC(=O)c2ccc(F)cc2)cc1. The van der Waals surface area contributed by atoms with E-state index < -0.39 is 11.8 Å². The Hall–Kier alpha value is -3.38. The largest absolute Gasteiger partial charge is 0.402 e. The molecule has 1 heterocycles. The topological polar surface area (TPSA) is 44.1 Å². The Kier molecular flexibility index (Phi) is 5.68. The summed E-state index contributed by atoms with van der Waals surface area (Å²) < 4.78 is 20.6. The number of benzene rings is 3. The molecule has 30 heavy (non-hydrogen) atoms. The molecule has 0 atom stereocenters. The van der Waals surface area contributed by atoms with Crippen LogP contribution in [-0.2, 0) is 0 Å². The normalized spacial score (nSPS) is 10.8. The third-order valence-electron chi connectivity index (χ3n) is 4.48. The van der Waals surface area contributed by atoms with Crippen LogP contribution < -0.4 is 4.74 Å². The molecule has 1 aromatic heterocycles. The maximum Gasteiger partial charge on any atom is 0.344 e. The first-order chi connectivity index (χ1) is 14.5. The van der Waals surface area contributed by atoms with Gasteiger partial charge in [0.2, 0.25) is 5.88 Å². The van der Waals surface area contributed by atoms with Gasteiger partial charge in [-0.25, -0.2) is 9.18 Å². The van der Waals surface area contributed by atoms with Gasteiger partial charge in [-0.15, -0.1) is 0 Å². The molecule has 0 saturated carbocycles. The van der Waals surface area contributed by atoms with Crippen molar-refractivity contribution in [3.05, 3.63) is 102 Å². The van der Waals surface area contributed by atoms with Gasteiger partial charge in [-0.1, -0.05) is 47.7 Å². The van der Waals surface area contributed by atoms with Crippen LogP contribution in [0, 0.1) is 19.7 Å². The van der Waals surface area contributed by atoms with Gasteiger partial charge in [0.25, 0.3) is 0 Å². The Balaban J connectivity index is 1.75. The van der Waals surface area contributed by atoms with Crippen LogP contribution in [-0.4, -0.2) is 15.7 Å². The minimum Gasteiger partial charge on any atom is -0.402 e. The van der Waals surface area contributed by atoms with Crippen molar-refractivity contribution in [2.75, 3.05) is 0 Å². The minimum atomic E-state index is -0.571. The highest BCUT2D eigenvalue weighted by molar-refractivity contribution is 7.99. The van der Waals surface area contributed by atoms with E-state index in [0.717, 1.165) is 21.2 Å². The molecule has 0 spiro atoms. The molecule has 0 unspecified atom stereocenters. The summed E-state index contributed by atoms with van der Waals surface area (Å²) in [5.74, 6) is -0.649. The van der Waals surface area contributed by atoms with Crippen LogP contribution in [0.1, 0.15) is 21.6 Å². The fraction of sp³-hybridized carbons (Fsp3) is 0.0833. The summed E-state index contributed by atoms with van der Waals surface area (Å²) in [7, 11) is 0. The van der Waals surface area contributed by atoms with Crippen molar-refractivity contribution in [2.45, 2.75) is 23.6 Å². The molecule has 0 radical (unpaired) electrons. The first-order valence-electron chi connectivity index (χ1n) is 9.38. The quantitative estimate of drug-likeness (QED) is 0.373. The van der Waals surface area contributed by atoms with Gasteiger partial charge < -0.3 is 4.74 Å². The molecule has 0 aliphatic heterocycles. The van der Waals surface area contributed by atoms with E-state index in [1.165, 1.54) is 41.6 Å². The number of halogens is 1. The second-order valence-corrected chi connectivity index (χ2v) is 7.86. The van der Waals surface area contributed by atoms with Crippen molar-refractivity contribution in [3.63, 3.8) is 0 Å². The molecule has 4 aromatic rings. The molecule has 4 nitrogen and oxygen atoms in total. The monoisotopic (exact) mass is 418 g/mol. The van der Waals surface area contributed by atoms with E-state index in [1.54, 1.807) is 4.68 Å². The van der Waals surface area contributed by atoms with Crippen molar-refractivity contribution < 1.29 is 13.9 Å². The van der Waals surface area contributed by atoms with Crippen molar-refractivity contribution >= 4 is 17.7 Å². The van der Waals surface area contributed by atoms with Gasteiger partial charge in [0.15, 0.2) is 0 Å². The number of aromatic nitrogens is 2. The average Bonchev–Trinajstić information content (AvgIpc) is 3.06. The number of ether oxygens (including phenoxy) is 1. The number of nitrogens with zero attached hydrogens (tertiary/aromatic N) is 2. The number of rotatable bonds is 5. The van der Waals surface area contributed by atoms with E-state index >= 15 is 0 Å². The lowest BCUT2D eigenvalue weighted by molar-refractivity contribution is 0.0718. The number of esters is 1. The lowest BCUT2D eigenvalue weighted by Crippen LogP contribution is -2.12. The lowest BCUT2D eigenvalue weighted by Gasteiger charge is -2.10. The predicted molar refractivity (Wildman–Crippen MR) is 115 cm³/mol. The zero-order valence-electron chi connectivity index (χ0n) is 16.5. The van der Waals surface area contributed by atoms with E-state index in [9.17, 15) is 9.18 Å². The molecule has 0 bridgehead atoms. The van der Waals surface area contributed by atoms with Crippen molar-refractivity contribution in [2.24, 2.45) is 0 Å². The number of para-hydroxylation sites is 1. The second kappa shape index (κ2) is 8.55. The van der Waals surface area contributed by atoms with Gasteiger partial charge >= 0.3 is 5.97 Å². The highest BCUT2D eigenvalue weighted by Gasteiger charge is 2.22. The summed E-state index contributed by atoms with van der Waals surface area (Å²) in [5, 5.41) is 4.61. The van der Waals surface area contributed by atoms with Crippen molar-refractivity contribution in [1.82, 2.24) is 9.78 Å². The summed E-state index contributed by atoms with van der Waals surface area (Å²) in [6.45, 7) is 3.91. The molecule has 4 rings (SSSR count). The zero-order valence-corrected chi connectivity index (χ0v) is 17.3. The number of carbonyl (C=O) groups excluding carboxylic acids is 1. The van der Waals surface area contributed by atoms with Gasteiger partial charge in [-0.3, -0.25) is 0 Å². The summed E-state index contributed by atoms with van der Waals surface area (Å²) in [5.41, 5.74) is 2.95. The zero-order chi connectivity index (χ0) is 21.1. The molecule has 6 heteroatoms. The first-order valence-corrected chi connectivity index (χ1v) is 10.2. The standard InChI is InChI=1S/C24H19FN2O2S/c1-16-8-14-21(15-9-16)30-22-17(2)26-27(20-6-4-3-5-7-20)23(22)29-24(28)18-10-12-19(25)13-11-18/h3-15H,1-2H3. The van der Waals surface area contributed by atoms with E-state index in [4.69, 9.17) is 4.74 Å². The van der Waals surface area contributed by atoms with E-state index in [0.29, 0.717) is 5.88 Å². The Morgan fingerprint density at radius 1 is 0.933 bits per heavy atom. The van der Waals surface area contributed by atoms with Gasteiger partial charge in [-0.2, -0.15) is 9.78 Å². The summed E-state index contributed by atoms with van der Waals surface area (Å²) >= 11 is 1.48. The van der Waals surface area contributed by atoms with Crippen LogP contribution in [0.5, 0.6) is 5.88 Å². The number of hydrogen-bond donors (Lipinski definition) is 0. The third kappa shape index (κ3) is 4.28. The summed E-state index contributed by atoms with van der Waals surface area (Å²) in [6.07, 6.45) is 0. The maximum atomic E-state index is 13.2. The Labute approximate surface area is 178 Å². The molecule has 150 valence electrons. The highest BCUT2D eigenvalue weighted by Crippen LogP contribution is 2.39. The summed E-state index contributed by atoms with van der Waals surface area (Å²) in [6, 6.07) is 22.9. The van der Waals surface area contributed by atoms with Crippen LogP contribution in [0.3, 0.4) is 0 Å². The Morgan fingerprint density at radius 2 is 1.60 bits per heavy atom. The fourth-order valence-corrected chi connectivity index (χ4v) is 3.81. The molecule has 0 saturated heterocycles. The first kappa shape index (κ1) is 19.9. The molecule has 0 amide bonds. The van der Waals surface area contributed by atoms with Crippen molar-refractivity contribution in [1.29, 1.82) is 0 Å². The van der Waals surface area contributed by atoms with Gasteiger partial charge in [0.1, 0.15) is 5.82 Å². The van der Waals surface area contributed by atoms with Crippen molar-refractivity contribution in [3.8, 4) is 11.6 Å². The fourth-order valence-electron chi connectivity index (χ4n) is 2.90. The third-order valence-corrected chi connectivity index (χ3v) is 5.66. The molecular weight excluding hydrogens is 399 g/mol. The van der Waals surface area contributed by atoms with E-state index in [2.05, 4.69) is 5.10 Å². The Morgan fingerprint density at radius 3 is 2.27 bits per heavy atom. The molecule has 0 fully saturated rings. The number of hydrogen-bond acceptors (Lipinski definition) is 4. The minimum absolute atomic E-state index is 0.265. The molecule has 3 aromatic carbocycles. The van der Waals surface area contributed by atoms with Gasteiger partial charge in [0, 0.05) is 4.90 Å². The van der Waals surface area contributed by atoms with E-state index in [-0.39, 0.29) is 5.56 Å². The number of aryl methyl sites for hydroxylation is 2. The molecule has 0 aliphatic carbocycles. The van der Waals surface area contributed by atoms with Crippen LogP contribution in [0.15, 0.2) is 88.7 Å². The lowest BCUT2D eigenvalue weighted by atomic mass is 10.2. The molecule has 0 N–H and O–H groups in total. The average molecular weight is 418 g/mol. The van der Waals surface area contributed by atoms with E-state index in [1.807, 2.05) is 68.4 Å².